The first-order valence-corrected chi connectivity index (χ1v) is 7.23. The van der Waals surface area contributed by atoms with Crippen LogP contribution in [0, 0.1) is 9.54 Å². The van der Waals surface area contributed by atoms with Crippen LogP contribution in [0.2, 0.25) is 0 Å². The summed E-state index contributed by atoms with van der Waals surface area (Å²) >= 11 is 10.3. The highest BCUT2D eigenvalue weighted by Crippen LogP contribution is 2.08. The van der Waals surface area contributed by atoms with E-state index in [0.717, 1.165) is 11.1 Å². The van der Waals surface area contributed by atoms with Crippen LogP contribution >= 0.6 is 24.4 Å². The van der Waals surface area contributed by atoms with Crippen LogP contribution in [0.1, 0.15) is 11.1 Å². The second kappa shape index (κ2) is 5.73. The zero-order chi connectivity index (χ0) is 15.7. The molecule has 0 amide bonds. The fourth-order valence-corrected chi connectivity index (χ4v) is 2.33. The molecule has 0 radical (unpaired) electrons. The van der Waals surface area contributed by atoms with Crippen molar-refractivity contribution in [2.75, 3.05) is 11.7 Å². The minimum Gasteiger partial charge on any atom is -0.336 e. The second-order valence-corrected chi connectivity index (χ2v) is 5.50. The molecule has 22 heavy (non-hydrogen) atoms. The predicted octanol–water partition coefficient (Wildman–Crippen LogP) is 0.666. The standard InChI is InChI=1S/C12H14N8S2/c13-17-7-15-19(11(17)21)5-9-1-2-10(4-3-9)6-20-12(22)18(14)8-16-20/h1-4,7-8H,5-6,13-14H2. The van der Waals surface area contributed by atoms with Crippen LogP contribution in [0.15, 0.2) is 36.9 Å². The first-order valence-electron chi connectivity index (χ1n) is 6.41. The van der Waals surface area contributed by atoms with Gasteiger partial charge in [-0.2, -0.15) is 10.2 Å². The molecule has 2 aromatic heterocycles. The Morgan fingerprint density at radius 2 is 1.14 bits per heavy atom. The first kappa shape index (κ1) is 14.5. The van der Waals surface area contributed by atoms with E-state index in [4.69, 9.17) is 36.1 Å². The summed E-state index contributed by atoms with van der Waals surface area (Å²) in [7, 11) is 0. The van der Waals surface area contributed by atoms with Gasteiger partial charge in [-0.05, 0) is 35.6 Å². The molecule has 1 aromatic carbocycles. The molecule has 114 valence electrons. The van der Waals surface area contributed by atoms with Gasteiger partial charge in [0.1, 0.15) is 12.7 Å². The number of hydrogen-bond acceptors (Lipinski definition) is 6. The lowest BCUT2D eigenvalue weighted by molar-refractivity contribution is 0.662. The van der Waals surface area contributed by atoms with E-state index in [1.165, 1.54) is 22.0 Å². The van der Waals surface area contributed by atoms with Gasteiger partial charge < -0.3 is 11.7 Å². The molecule has 0 aliphatic rings. The molecule has 4 N–H and O–H groups in total. The Kier molecular flexibility index (Phi) is 3.77. The van der Waals surface area contributed by atoms with Gasteiger partial charge in [-0.3, -0.25) is 0 Å². The minimum absolute atomic E-state index is 0.476. The largest absolute Gasteiger partial charge is 0.336 e. The van der Waals surface area contributed by atoms with Gasteiger partial charge in [-0.15, -0.1) is 0 Å². The molecule has 8 nitrogen and oxygen atoms in total. The van der Waals surface area contributed by atoms with Crippen molar-refractivity contribution >= 4 is 24.4 Å². The molecule has 2 heterocycles. The van der Waals surface area contributed by atoms with Crippen molar-refractivity contribution in [1.82, 2.24) is 28.9 Å². The highest BCUT2D eigenvalue weighted by atomic mass is 32.1. The lowest BCUT2D eigenvalue weighted by Gasteiger charge is -2.05. The van der Waals surface area contributed by atoms with E-state index in [9.17, 15) is 0 Å². The van der Waals surface area contributed by atoms with E-state index in [1.807, 2.05) is 24.3 Å². The number of hydrogen-bond donors (Lipinski definition) is 2. The molecular weight excluding hydrogens is 320 g/mol. The summed E-state index contributed by atoms with van der Waals surface area (Å²) in [4.78, 5) is 0. The summed E-state index contributed by atoms with van der Waals surface area (Å²) in [5, 5.41) is 8.24. The fourth-order valence-electron chi connectivity index (χ4n) is 2.01. The number of aromatic nitrogens is 6. The zero-order valence-corrected chi connectivity index (χ0v) is 13.2. The molecule has 0 saturated heterocycles. The van der Waals surface area contributed by atoms with Crippen molar-refractivity contribution in [1.29, 1.82) is 0 Å². The van der Waals surface area contributed by atoms with Crippen LogP contribution in [0.5, 0.6) is 0 Å². The molecule has 0 saturated carbocycles. The van der Waals surface area contributed by atoms with Crippen LogP contribution in [-0.4, -0.2) is 28.9 Å². The van der Waals surface area contributed by atoms with Gasteiger partial charge in [-0.25, -0.2) is 18.7 Å². The molecular formula is C12H14N8S2. The van der Waals surface area contributed by atoms with Crippen molar-refractivity contribution in [2.24, 2.45) is 0 Å². The van der Waals surface area contributed by atoms with Crippen molar-refractivity contribution in [3.63, 3.8) is 0 Å². The van der Waals surface area contributed by atoms with Crippen molar-refractivity contribution in [3.05, 3.63) is 57.6 Å². The predicted molar refractivity (Wildman–Crippen MR) is 87.0 cm³/mol. The average Bonchev–Trinajstić information content (AvgIpc) is 3.00. The Morgan fingerprint density at radius 3 is 1.41 bits per heavy atom. The maximum Gasteiger partial charge on any atom is 0.216 e. The van der Waals surface area contributed by atoms with Crippen LogP contribution in [0.3, 0.4) is 0 Å². The number of benzene rings is 1. The molecule has 0 fully saturated rings. The summed E-state index contributed by atoms with van der Waals surface area (Å²) in [5.74, 6) is 11.2. The van der Waals surface area contributed by atoms with Gasteiger partial charge in [0, 0.05) is 0 Å². The molecule has 0 aliphatic heterocycles. The number of nitrogens with two attached hydrogens (primary N) is 2. The molecule has 3 aromatic rings. The molecule has 0 bridgehead atoms. The van der Waals surface area contributed by atoms with E-state index in [2.05, 4.69) is 10.2 Å². The Hall–Kier alpha value is -2.46. The third-order valence-electron chi connectivity index (χ3n) is 3.20. The third-order valence-corrected chi connectivity index (χ3v) is 4.05. The summed E-state index contributed by atoms with van der Waals surface area (Å²) < 4.78 is 6.91. The highest BCUT2D eigenvalue weighted by Gasteiger charge is 2.03. The summed E-state index contributed by atoms with van der Waals surface area (Å²) in [5.41, 5.74) is 2.15. The van der Waals surface area contributed by atoms with Gasteiger partial charge in [0.2, 0.25) is 9.54 Å². The molecule has 10 heteroatoms. The summed E-state index contributed by atoms with van der Waals surface area (Å²) in [6.45, 7) is 1.14. The van der Waals surface area contributed by atoms with Gasteiger partial charge in [0.05, 0.1) is 13.1 Å². The molecule has 0 unspecified atom stereocenters. The van der Waals surface area contributed by atoms with E-state index < -0.39 is 0 Å². The molecule has 0 atom stereocenters. The monoisotopic (exact) mass is 334 g/mol. The number of nitrogens with zero attached hydrogens (tertiary/aromatic N) is 6. The lowest BCUT2D eigenvalue weighted by atomic mass is 10.1. The molecule has 3 rings (SSSR count). The van der Waals surface area contributed by atoms with Crippen LogP contribution in [0.4, 0.5) is 0 Å². The number of nitrogen functional groups attached to an aromatic ring is 2. The maximum absolute atomic E-state index is 5.62. The SMILES string of the molecule is Nn1cnn(Cc2ccc(Cn3ncn(N)c3=S)cc2)c1=S. The van der Waals surface area contributed by atoms with Gasteiger partial charge in [-0.1, -0.05) is 24.3 Å². The van der Waals surface area contributed by atoms with Crippen LogP contribution < -0.4 is 11.7 Å². The minimum atomic E-state index is 0.476. The second-order valence-electron chi connectivity index (χ2n) is 4.77. The topological polar surface area (TPSA) is 97.5 Å². The van der Waals surface area contributed by atoms with E-state index in [-0.39, 0.29) is 0 Å². The van der Waals surface area contributed by atoms with Gasteiger partial charge in [0.15, 0.2) is 0 Å². The maximum atomic E-state index is 5.62. The Bertz CT molecular complexity index is 823. The fraction of sp³-hybridized carbons (Fsp3) is 0.167. The Morgan fingerprint density at radius 1 is 0.773 bits per heavy atom. The quantitative estimate of drug-likeness (QED) is 0.537. The first-order chi connectivity index (χ1) is 10.5. The van der Waals surface area contributed by atoms with Crippen LogP contribution in [-0.2, 0) is 13.1 Å². The zero-order valence-electron chi connectivity index (χ0n) is 11.5. The van der Waals surface area contributed by atoms with E-state index >= 15 is 0 Å². The normalized spacial score (nSPS) is 10.9. The van der Waals surface area contributed by atoms with Gasteiger partial charge in [0.25, 0.3) is 0 Å². The van der Waals surface area contributed by atoms with E-state index in [1.54, 1.807) is 9.36 Å². The molecule has 0 spiro atoms. The smallest absolute Gasteiger partial charge is 0.216 e. The van der Waals surface area contributed by atoms with Crippen molar-refractivity contribution < 1.29 is 0 Å². The van der Waals surface area contributed by atoms with Gasteiger partial charge >= 0.3 is 0 Å². The summed E-state index contributed by atoms with van der Waals surface area (Å²) in [6, 6.07) is 8.04. The Balaban J connectivity index is 1.75. The summed E-state index contributed by atoms with van der Waals surface area (Å²) in [6.07, 6.45) is 2.98. The van der Waals surface area contributed by atoms with Crippen LogP contribution in [0.25, 0.3) is 0 Å². The third kappa shape index (κ3) is 2.78. The van der Waals surface area contributed by atoms with Crippen molar-refractivity contribution in [3.8, 4) is 0 Å². The van der Waals surface area contributed by atoms with Crippen molar-refractivity contribution in [2.45, 2.75) is 13.1 Å². The highest BCUT2D eigenvalue weighted by molar-refractivity contribution is 7.71. The van der Waals surface area contributed by atoms with E-state index in [0.29, 0.717) is 22.6 Å². The molecule has 0 aliphatic carbocycles. The Labute approximate surface area is 136 Å². The lowest BCUT2D eigenvalue weighted by Crippen LogP contribution is -2.09. The average molecular weight is 334 g/mol. The number of rotatable bonds is 4.